The van der Waals surface area contributed by atoms with Crippen LogP contribution in [0.4, 0.5) is 0 Å². The lowest BCUT2D eigenvalue weighted by atomic mass is 10.3. The second-order valence-electron chi connectivity index (χ2n) is 3.59. The number of nitrogens with one attached hydrogen (secondary N) is 1. The molecule has 0 unspecified atom stereocenters. The molecule has 0 amide bonds. The number of nitrogens with zero attached hydrogens (tertiary/aromatic N) is 1. The molecule has 0 aromatic rings. The lowest BCUT2D eigenvalue weighted by Gasteiger charge is -2.21. The SMILES string of the molecule is CCCCN(C)S(=O)(=O)N[C@@H](CC)CO. The molecular formula is C9H22N2O3S. The number of aliphatic hydroxyl groups is 1. The molecule has 0 aromatic carbocycles. The van der Waals surface area contributed by atoms with E-state index in [9.17, 15) is 8.42 Å². The van der Waals surface area contributed by atoms with Gasteiger partial charge in [0.1, 0.15) is 0 Å². The first-order valence-corrected chi connectivity index (χ1v) is 6.76. The molecule has 0 heterocycles. The number of hydrogen-bond acceptors (Lipinski definition) is 3. The van der Waals surface area contributed by atoms with Gasteiger partial charge in [0.2, 0.25) is 0 Å². The highest BCUT2D eigenvalue weighted by molar-refractivity contribution is 7.87. The smallest absolute Gasteiger partial charge is 0.279 e. The molecular weight excluding hydrogens is 216 g/mol. The van der Waals surface area contributed by atoms with Gasteiger partial charge in [-0.05, 0) is 12.8 Å². The van der Waals surface area contributed by atoms with Gasteiger partial charge in [0.25, 0.3) is 10.2 Å². The van der Waals surface area contributed by atoms with Crippen molar-refractivity contribution in [1.82, 2.24) is 9.03 Å². The van der Waals surface area contributed by atoms with E-state index in [2.05, 4.69) is 4.72 Å². The quantitative estimate of drug-likeness (QED) is 0.640. The summed E-state index contributed by atoms with van der Waals surface area (Å²) in [6.07, 6.45) is 2.38. The van der Waals surface area contributed by atoms with Crippen LogP contribution in [0.3, 0.4) is 0 Å². The molecule has 0 radical (unpaired) electrons. The topological polar surface area (TPSA) is 69.6 Å². The maximum absolute atomic E-state index is 11.7. The molecule has 0 aliphatic carbocycles. The summed E-state index contributed by atoms with van der Waals surface area (Å²) < 4.78 is 27.1. The van der Waals surface area contributed by atoms with Gasteiger partial charge in [-0.2, -0.15) is 17.4 Å². The van der Waals surface area contributed by atoms with E-state index in [4.69, 9.17) is 5.11 Å². The van der Waals surface area contributed by atoms with Crippen molar-refractivity contribution < 1.29 is 13.5 Å². The highest BCUT2D eigenvalue weighted by atomic mass is 32.2. The van der Waals surface area contributed by atoms with E-state index in [-0.39, 0.29) is 12.6 Å². The molecule has 92 valence electrons. The van der Waals surface area contributed by atoms with Gasteiger partial charge in [0.15, 0.2) is 0 Å². The van der Waals surface area contributed by atoms with Gasteiger partial charge in [0.05, 0.1) is 6.61 Å². The Kier molecular flexibility index (Phi) is 7.08. The number of unbranched alkanes of at least 4 members (excludes halogenated alkanes) is 1. The second-order valence-corrected chi connectivity index (χ2v) is 5.39. The van der Waals surface area contributed by atoms with Crippen LogP contribution in [-0.4, -0.2) is 44.1 Å². The molecule has 15 heavy (non-hydrogen) atoms. The van der Waals surface area contributed by atoms with Gasteiger partial charge in [0, 0.05) is 19.6 Å². The van der Waals surface area contributed by atoms with E-state index in [0.717, 1.165) is 12.8 Å². The fraction of sp³-hybridized carbons (Fsp3) is 1.00. The Hall–Kier alpha value is -0.170. The first-order valence-electron chi connectivity index (χ1n) is 5.32. The predicted molar refractivity (Wildman–Crippen MR) is 60.8 cm³/mol. The fourth-order valence-corrected chi connectivity index (χ4v) is 2.26. The van der Waals surface area contributed by atoms with Gasteiger partial charge >= 0.3 is 0 Å². The highest BCUT2D eigenvalue weighted by Crippen LogP contribution is 2.01. The summed E-state index contributed by atoms with van der Waals surface area (Å²) >= 11 is 0. The normalized spacial score (nSPS) is 14.5. The average molecular weight is 238 g/mol. The van der Waals surface area contributed by atoms with Gasteiger partial charge in [-0.25, -0.2) is 0 Å². The summed E-state index contributed by atoms with van der Waals surface area (Å²) in [5, 5.41) is 8.90. The maximum atomic E-state index is 11.7. The van der Waals surface area contributed by atoms with Crippen molar-refractivity contribution in [3.05, 3.63) is 0 Å². The molecule has 0 bridgehead atoms. The van der Waals surface area contributed by atoms with Crippen LogP contribution >= 0.6 is 0 Å². The molecule has 0 aliphatic rings. The third kappa shape index (κ3) is 5.46. The summed E-state index contributed by atoms with van der Waals surface area (Å²) in [7, 11) is -1.89. The van der Waals surface area contributed by atoms with E-state index in [1.165, 1.54) is 4.31 Å². The van der Waals surface area contributed by atoms with Crippen LogP contribution in [0.2, 0.25) is 0 Å². The van der Waals surface area contributed by atoms with Crippen molar-refractivity contribution in [2.45, 2.75) is 39.2 Å². The van der Waals surface area contributed by atoms with E-state index >= 15 is 0 Å². The van der Waals surface area contributed by atoms with E-state index in [1.54, 1.807) is 7.05 Å². The summed E-state index contributed by atoms with van der Waals surface area (Å²) in [5.41, 5.74) is 0. The molecule has 2 N–H and O–H groups in total. The number of hydrogen-bond donors (Lipinski definition) is 2. The molecule has 0 fully saturated rings. The first kappa shape index (κ1) is 14.8. The lowest BCUT2D eigenvalue weighted by Crippen LogP contribution is -2.45. The highest BCUT2D eigenvalue weighted by Gasteiger charge is 2.20. The molecule has 6 heteroatoms. The third-order valence-electron chi connectivity index (χ3n) is 2.27. The Morgan fingerprint density at radius 2 is 2.00 bits per heavy atom. The van der Waals surface area contributed by atoms with Crippen LogP contribution in [0.25, 0.3) is 0 Å². The standard InChI is InChI=1S/C9H22N2O3S/c1-4-6-7-11(3)15(13,14)10-9(5-2)8-12/h9-10,12H,4-8H2,1-3H3/t9-/m0/s1. The van der Waals surface area contributed by atoms with Crippen molar-refractivity contribution in [3.8, 4) is 0 Å². The predicted octanol–water partition coefficient (Wildman–Crippen LogP) is 0.324. The van der Waals surface area contributed by atoms with Crippen LogP contribution in [0, 0.1) is 0 Å². The molecule has 1 atom stereocenters. The zero-order valence-electron chi connectivity index (χ0n) is 9.73. The zero-order chi connectivity index (χ0) is 11.9. The fourth-order valence-electron chi connectivity index (χ4n) is 1.05. The summed E-state index contributed by atoms with van der Waals surface area (Å²) in [6.45, 7) is 4.18. The molecule has 0 spiro atoms. The number of aliphatic hydroxyl groups excluding tert-OH is 1. The van der Waals surface area contributed by atoms with Crippen LogP contribution < -0.4 is 4.72 Å². The Labute approximate surface area is 92.7 Å². The first-order chi connectivity index (χ1) is 6.97. The Morgan fingerprint density at radius 3 is 2.40 bits per heavy atom. The monoisotopic (exact) mass is 238 g/mol. The van der Waals surface area contributed by atoms with Gasteiger partial charge < -0.3 is 5.11 Å². The Morgan fingerprint density at radius 1 is 1.40 bits per heavy atom. The van der Waals surface area contributed by atoms with Crippen LogP contribution in [0.1, 0.15) is 33.1 Å². The summed E-state index contributed by atoms with van der Waals surface area (Å²) in [6, 6.07) is -0.390. The van der Waals surface area contributed by atoms with Gasteiger partial charge in [-0.1, -0.05) is 20.3 Å². The molecule has 0 aliphatic heterocycles. The second kappa shape index (κ2) is 7.16. The Balaban J connectivity index is 4.27. The molecule has 5 nitrogen and oxygen atoms in total. The van der Waals surface area contributed by atoms with Crippen LogP contribution in [0.15, 0.2) is 0 Å². The average Bonchev–Trinajstić information content (AvgIpc) is 2.22. The van der Waals surface area contributed by atoms with Crippen molar-refractivity contribution >= 4 is 10.2 Å². The van der Waals surface area contributed by atoms with Crippen LogP contribution in [0.5, 0.6) is 0 Å². The van der Waals surface area contributed by atoms with Crippen LogP contribution in [-0.2, 0) is 10.2 Å². The molecule has 0 aromatic heterocycles. The minimum atomic E-state index is -3.43. The zero-order valence-corrected chi connectivity index (χ0v) is 10.5. The van der Waals surface area contributed by atoms with Crippen molar-refractivity contribution in [2.75, 3.05) is 20.2 Å². The van der Waals surface area contributed by atoms with Crippen molar-refractivity contribution in [1.29, 1.82) is 0 Å². The van der Waals surface area contributed by atoms with E-state index in [0.29, 0.717) is 13.0 Å². The largest absolute Gasteiger partial charge is 0.395 e. The minimum Gasteiger partial charge on any atom is -0.395 e. The van der Waals surface area contributed by atoms with Gasteiger partial charge in [-0.15, -0.1) is 0 Å². The Bertz CT molecular complexity index is 250. The van der Waals surface area contributed by atoms with Crippen molar-refractivity contribution in [2.24, 2.45) is 0 Å². The molecule has 0 rings (SSSR count). The van der Waals surface area contributed by atoms with E-state index in [1.807, 2.05) is 13.8 Å². The third-order valence-corrected chi connectivity index (χ3v) is 3.90. The number of rotatable bonds is 8. The summed E-state index contributed by atoms with van der Waals surface area (Å²) in [5.74, 6) is 0. The minimum absolute atomic E-state index is 0.169. The van der Waals surface area contributed by atoms with Crippen molar-refractivity contribution in [3.63, 3.8) is 0 Å². The van der Waals surface area contributed by atoms with Gasteiger partial charge in [-0.3, -0.25) is 0 Å². The maximum Gasteiger partial charge on any atom is 0.279 e. The van der Waals surface area contributed by atoms with E-state index < -0.39 is 10.2 Å². The molecule has 0 saturated heterocycles. The summed E-state index contributed by atoms with van der Waals surface area (Å²) in [4.78, 5) is 0. The molecule has 0 saturated carbocycles. The lowest BCUT2D eigenvalue weighted by molar-refractivity contribution is 0.251.